The summed E-state index contributed by atoms with van der Waals surface area (Å²) in [7, 11) is 0. The van der Waals surface area contributed by atoms with Crippen LogP contribution in [-0.2, 0) is 10.7 Å². The molecule has 2 N–H and O–H groups in total. The highest BCUT2D eigenvalue weighted by Crippen LogP contribution is 2.33. The molecule has 2 aromatic heterocycles. The van der Waals surface area contributed by atoms with E-state index in [1.54, 1.807) is 6.92 Å². The van der Waals surface area contributed by atoms with Crippen molar-refractivity contribution in [3.05, 3.63) is 40.6 Å². The predicted octanol–water partition coefficient (Wildman–Crippen LogP) is 3.65. The second-order valence-corrected chi connectivity index (χ2v) is 7.38. The molecule has 1 aliphatic rings. The van der Waals surface area contributed by atoms with Crippen molar-refractivity contribution in [2.75, 3.05) is 16.8 Å². The average molecular weight is 446 g/mol. The number of aliphatic hydroxyl groups excluding tert-OH is 1. The van der Waals surface area contributed by atoms with E-state index in [1.165, 1.54) is 19.2 Å². The van der Waals surface area contributed by atoms with E-state index in [2.05, 4.69) is 20.3 Å². The zero-order chi connectivity index (χ0) is 22.2. The van der Waals surface area contributed by atoms with Crippen LogP contribution in [0, 0.1) is 5.82 Å². The Bertz CT molecular complexity index is 957. The van der Waals surface area contributed by atoms with Gasteiger partial charge < -0.3 is 15.2 Å². The second-order valence-electron chi connectivity index (χ2n) is 6.97. The van der Waals surface area contributed by atoms with Crippen molar-refractivity contribution >= 4 is 29.5 Å². The second kappa shape index (κ2) is 8.23. The maximum absolute atomic E-state index is 14.3. The Morgan fingerprint density at radius 3 is 2.67 bits per heavy atom. The number of alkyl halides is 2. The molecule has 0 bridgehead atoms. The Morgan fingerprint density at radius 2 is 2.07 bits per heavy atom. The lowest BCUT2D eigenvalue weighted by Gasteiger charge is -2.23. The molecule has 0 spiro atoms. The molecule has 0 saturated carbocycles. The molecular weight excluding hydrogens is 427 g/mol. The van der Waals surface area contributed by atoms with Crippen LogP contribution in [0.15, 0.2) is 18.5 Å². The molecule has 1 amide bonds. The molecule has 12 heteroatoms. The Morgan fingerprint density at radius 1 is 1.37 bits per heavy atom. The summed E-state index contributed by atoms with van der Waals surface area (Å²) in [4.78, 5) is 24.5. The van der Waals surface area contributed by atoms with Crippen molar-refractivity contribution in [1.29, 1.82) is 0 Å². The third-order valence-corrected chi connectivity index (χ3v) is 4.83. The molecule has 2 aromatic rings. The summed E-state index contributed by atoms with van der Waals surface area (Å²) < 4.78 is 46.1. The molecular formula is C18H19ClF3N5O3. The summed E-state index contributed by atoms with van der Waals surface area (Å²) in [5.41, 5.74) is -0.0814. The van der Waals surface area contributed by atoms with Gasteiger partial charge in [-0.1, -0.05) is 11.6 Å². The van der Waals surface area contributed by atoms with Gasteiger partial charge in [0.2, 0.25) is 5.95 Å². The molecule has 0 aromatic carbocycles. The minimum atomic E-state index is -3.19. The number of aromatic nitrogens is 3. The van der Waals surface area contributed by atoms with Crippen molar-refractivity contribution < 1.29 is 27.8 Å². The van der Waals surface area contributed by atoms with Gasteiger partial charge in [-0.25, -0.2) is 19.1 Å². The SMILES string of the molecule is C[C@H](Nc1ncc(F)c(N2C(=O)OCC2[C@@H](C)O)n1)c1cnc(C(C)(F)F)c(Cl)c1. The third kappa shape index (κ3) is 4.41. The van der Waals surface area contributed by atoms with Crippen LogP contribution >= 0.6 is 11.6 Å². The van der Waals surface area contributed by atoms with E-state index in [0.29, 0.717) is 12.5 Å². The molecule has 162 valence electrons. The van der Waals surface area contributed by atoms with Crippen molar-refractivity contribution in [3.63, 3.8) is 0 Å². The van der Waals surface area contributed by atoms with Crippen LogP contribution in [-0.4, -0.2) is 44.9 Å². The molecule has 0 radical (unpaired) electrons. The van der Waals surface area contributed by atoms with Gasteiger partial charge in [0.05, 0.1) is 23.4 Å². The number of nitrogens with zero attached hydrogens (tertiary/aromatic N) is 4. The maximum atomic E-state index is 14.3. The Kier molecular flexibility index (Phi) is 6.04. The molecule has 1 aliphatic heterocycles. The van der Waals surface area contributed by atoms with Crippen LogP contribution in [0.3, 0.4) is 0 Å². The number of ether oxygens (including phenoxy) is 1. The fourth-order valence-electron chi connectivity index (χ4n) is 2.92. The number of hydrogen-bond donors (Lipinski definition) is 2. The van der Waals surface area contributed by atoms with Crippen LogP contribution in [0.4, 0.5) is 29.7 Å². The van der Waals surface area contributed by atoms with E-state index in [1.807, 2.05) is 0 Å². The van der Waals surface area contributed by atoms with Gasteiger partial charge in [0.1, 0.15) is 18.3 Å². The Hall–Kier alpha value is -2.66. The minimum absolute atomic E-state index is 0.0380. The topological polar surface area (TPSA) is 100 Å². The molecule has 8 nitrogen and oxygen atoms in total. The van der Waals surface area contributed by atoms with E-state index < -0.39 is 41.7 Å². The van der Waals surface area contributed by atoms with Crippen LogP contribution < -0.4 is 10.2 Å². The van der Waals surface area contributed by atoms with E-state index in [4.69, 9.17) is 16.3 Å². The van der Waals surface area contributed by atoms with E-state index in [-0.39, 0.29) is 23.4 Å². The van der Waals surface area contributed by atoms with Crippen molar-refractivity contribution in [2.24, 2.45) is 0 Å². The first-order valence-electron chi connectivity index (χ1n) is 8.96. The first kappa shape index (κ1) is 22.0. The highest BCUT2D eigenvalue weighted by Gasteiger charge is 2.40. The zero-order valence-corrected chi connectivity index (χ0v) is 17.0. The molecule has 3 heterocycles. The van der Waals surface area contributed by atoms with Crippen LogP contribution in [0.1, 0.15) is 38.1 Å². The number of carbonyl (C=O) groups is 1. The average Bonchev–Trinajstić information content (AvgIpc) is 3.03. The van der Waals surface area contributed by atoms with Crippen molar-refractivity contribution in [3.8, 4) is 0 Å². The summed E-state index contributed by atoms with van der Waals surface area (Å²) >= 11 is 5.92. The maximum Gasteiger partial charge on any atom is 0.416 e. The Labute approximate surface area is 175 Å². The van der Waals surface area contributed by atoms with Gasteiger partial charge in [-0.15, -0.1) is 0 Å². The van der Waals surface area contributed by atoms with Gasteiger partial charge in [0.25, 0.3) is 5.92 Å². The summed E-state index contributed by atoms with van der Waals surface area (Å²) in [6.07, 6.45) is 0.282. The monoisotopic (exact) mass is 445 g/mol. The Balaban J connectivity index is 1.85. The summed E-state index contributed by atoms with van der Waals surface area (Å²) in [6, 6.07) is -0.00517. The van der Waals surface area contributed by atoms with Gasteiger partial charge >= 0.3 is 6.09 Å². The number of amides is 1. The number of hydrogen-bond acceptors (Lipinski definition) is 7. The van der Waals surface area contributed by atoms with E-state index >= 15 is 0 Å². The lowest BCUT2D eigenvalue weighted by molar-refractivity contribution is 0.0128. The first-order chi connectivity index (χ1) is 14.0. The predicted molar refractivity (Wildman–Crippen MR) is 102 cm³/mol. The molecule has 1 fully saturated rings. The molecule has 3 rings (SSSR count). The van der Waals surface area contributed by atoms with Crippen molar-refractivity contribution in [1.82, 2.24) is 15.0 Å². The first-order valence-corrected chi connectivity index (χ1v) is 9.33. The van der Waals surface area contributed by atoms with Crippen molar-refractivity contribution in [2.45, 2.75) is 44.9 Å². The van der Waals surface area contributed by atoms with E-state index in [9.17, 15) is 23.1 Å². The number of halogens is 4. The van der Waals surface area contributed by atoms with Crippen LogP contribution in [0.2, 0.25) is 5.02 Å². The van der Waals surface area contributed by atoms with Gasteiger partial charge in [-0.2, -0.15) is 13.8 Å². The number of pyridine rings is 1. The largest absolute Gasteiger partial charge is 0.447 e. The standard InChI is InChI=1S/C18H19ClF3N5O3/c1-8(10-4-11(19)14(23-5-10)18(3,21)22)25-16-24-6-12(20)15(26-16)27-13(9(2)28)7-30-17(27)29/h4-6,8-9,13,28H,7H2,1-3H3,(H,24,25,26)/t8-,9+,13?/m0/s1. The van der Waals surface area contributed by atoms with Crippen LogP contribution in [0.25, 0.3) is 0 Å². The third-order valence-electron chi connectivity index (χ3n) is 4.54. The normalized spacial score (nSPS) is 18.9. The van der Waals surface area contributed by atoms with Gasteiger partial charge in [-0.3, -0.25) is 4.98 Å². The van der Waals surface area contributed by atoms with Gasteiger partial charge in [0, 0.05) is 13.1 Å². The smallest absolute Gasteiger partial charge is 0.416 e. The molecule has 1 unspecified atom stereocenters. The number of cyclic esters (lactones) is 1. The quantitative estimate of drug-likeness (QED) is 0.699. The fourth-order valence-corrected chi connectivity index (χ4v) is 3.26. The molecule has 0 aliphatic carbocycles. The fraction of sp³-hybridized carbons (Fsp3) is 0.444. The molecule has 30 heavy (non-hydrogen) atoms. The lowest BCUT2D eigenvalue weighted by Crippen LogP contribution is -2.42. The van der Waals surface area contributed by atoms with E-state index in [0.717, 1.165) is 11.1 Å². The highest BCUT2D eigenvalue weighted by atomic mass is 35.5. The minimum Gasteiger partial charge on any atom is -0.447 e. The number of anilines is 2. The lowest BCUT2D eigenvalue weighted by atomic mass is 10.1. The zero-order valence-electron chi connectivity index (χ0n) is 16.2. The van der Waals surface area contributed by atoms with Gasteiger partial charge in [0.15, 0.2) is 11.6 Å². The highest BCUT2D eigenvalue weighted by molar-refractivity contribution is 6.31. The molecule has 3 atom stereocenters. The molecule has 1 saturated heterocycles. The van der Waals surface area contributed by atoms with Gasteiger partial charge in [-0.05, 0) is 25.5 Å². The number of aliphatic hydroxyl groups is 1. The van der Waals surface area contributed by atoms with Crippen LogP contribution in [0.5, 0.6) is 0 Å². The number of carbonyl (C=O) groups excluding carboxylic acids is 1. The summed E-state index contributed by atoms with van der Waals surface area (Å²) in [5, 5.41) is 12.5. The summed E-state index contributed by atoms with van der Waals surface area (Å²) in [5.74, 6) is -4.46. The number of nitrogens with one attached hydrogen (secondary N) is 1. The summed E-state index contributed by atoms with van der Waals surface area (Å²) in [6.45, 7) is 3.70. The number of rotatable bonds is 6.